The molecule has 0 aliphatic carbocycles. The van der Waals surface area contributed by atoms with Gasteiger partial charge in [-0.1, -0.05) is 6.07 Å². The lowest BCUT2D eigenvalue weighted by atomic mass is 10.2. The van der Waals surface area contributed by atoms with Crippen LogP contribution in [0.4, 0.5) is 10.1 Å². The van der Waals surface area contributed by atoms with Crippen LogP contribution in [0.25, 0.3) is 0 Å². The Morgan fingerprint density at radius 2 is 2.00 bits per heavy atom. The van der Waals surface area contributed by atoms with Crippen LogP contribution in [-0.2, 0) is 6.61 Å². The van der Waals surface area contributed by atoms with Gasteiger partial charge in [0.25, 0.3) is 5.91 Å². The molecule has 1 aromatic heterocycles. The first kappa shape index (κ1) is 16.1. The largest absolute Gasteiger partial charge is 0.487 e. The van der Waals surface area contributed by atoms with E-state index in [9.17, 15) is 9.18 Å². The second kappa shape index (κ2) is 7.18. The van der Waals surface area contributed by atoms with Gasteiger partial charge >= 0.3 is 0 Å². The summed E-state index contributed by atoms with van der Waals surface area (Å²) in [4.78, 5) is 12.3. The Morgan fingerprint density at radius 3 is 2.71 bits per heavy atom. The molecule has 0 saturated carbocycles. The number of ether oxygens (including phenoxy) is 1. The minimum atomic E-state index is -0.352. The molecular formula is C17H14FN3O2S. The number of nitrogens with zero attached hydrogens (tertiary/aromatic N) is 2. The zero-order valence-electron chi connectivity index (χ0n) is 12.8. The highest BCUT2D eigenvalue weighted by Crippen LogP contribution is 2.17. The number of carbonyl (C=O) groups is 1. The van der Waals surface area contributed by atoms with E-state index in [-0.39, 0.29) is 11.7 Å². The van der Waals surface area contributed by atoms with Crippen molar-refractivity contribution in [3.63, 3.8) is 0 Å². The molecule has 2 aromatic carbocycles. The van der Waals surface area contributed by atoms with Crippen molar-refractivity contribution >= 4 is 23.3 Å². The number of carbonyl (C=O) groups excluding carboxylic acids is 1. The summed E-state index contributed by atoms with van der Waals surface area (Å²) < 4.78 is 26.8. The van der Waals surface area contributed by atoms with Gasteiger partial charge in [0.15, 0.2) is 0 Å². The van der Waals surface area contributed by atoms with Crippen molar-refractivity contribution in [1.82, 2.24) is 8.75 Å². The predicted octanol–water partition coefficient (Wildman–Crippen LogP) is 3.82. The van der Waals surface area contributed by atoms with E-state index in [1.807, 2.05) is 6.92 Å². The minimum Gasteiger partial charge on any atom is -0.487 e. The van der Waals surface area contributed by atoms with Crippen molar-refractivity contribution in [3.8, 4) is 5.75 Å². The van der Waals surface area contributed by atoms with Crippen LogP contribution in [0.2, 0.25) is 0 Å². The molecule has 3 aromatic rings. The van der Waals surface area contributed by atoms with Crippen LogP contribution < -0.4 is 10.1 Å². The average molecular weight is 343 g/mol. The maximum Gasteiger partial charge on any atom is 0.255 e. The highest BCUT2D eigenvalue weighted by molar-refractivity contribution is 6.99. The number of nitrogens with one attached hydrogen (secondary N) is 1. The van der Waals surface area contributed by atoms with Crippen molar-refractivity contribution < 1.29 is 13.9 Å². The fraction of sp³-hybridized carbons (Fsp3) is 0.118. The molecule has 122 valence electrons. The fourth-order valence-electron chi connectivity index (χ4n) is 2.00. The number of rotatable bonds is 5. The molecule has 24 heavy (non-hydrogen) atoms. The molecule has 5 nitrogen and oxygen atoms in total. The van der Waals surface area contributed by atoms with E-state index in [0.717, 1.165) is 23.1 Å². The molecule has 1 heterocycles. The first-order valence-electron chi connectivity index (χ1n) is 7.19. The van der Waals surface area contributed by atoms with Gasteiger partial charge in [-0.2, -0.15) is 8.75 Å². The van der Waals surface area contributed by atoms with Crippen molar-refractivity contribution in [3.05, 3.63) is 71.3 Å². The van der Waals surface area contributed by atoms with Crippen LogP contribution in [0.3, 0.4) is 0 Å². The van der Waals surface area contributed by atoms with Gasteiger partial charge in [0, 0.05) is 11.3 Å². The molecule has 3 rings (SSSR count). The first-order chi connectivity index (χ1) is 11.6. The van der Waals surface area contributed by atoms with Gasteiger partial charge in [0.2, 0.25) is 0 Å². The van der Waals surface area contributed by atoms with Crippen molar-refractivity contribution in [2.75, 3.05) is 5.32 Å². The number of halogens is 1. The van der Waals surface area contributed by atoms with Gasteiger partial charge in [-0.15, -0.1) is 0 Å². The van der Waals surface area contributed by atoms with E-state index in [2.05, 4.69) is 14.1 Å². The van der Waals surface area contributed by atoms with E-state index in [1.165, 1.54) is 24.3 Å². The number of anilines is 1. The summed E-state index contributed by atoms with van der Waals surface area (Å²) in [6.45, 7) is 2.17. The lowest BCUT2D eigenvalue weighted by molar-refractivity contribution is 0.102. The molecule has 0 bridgehead atoms. The fourth-order valence-corrected chi connectivity index (χ4v) is 2.55. The van der Waals surface area contributed by atoms with E-state index in [1.54, 1.807) is 24.3 Å². The smallest absolute Gasteiger partial charge is 0.255 e. The minimum absolute atomic E-state index is 0.293. The van der Waals surface area contributed by atoms with Crippen LogP contribution in [0.15, 0.2) is 48.5 Å². The number of hydrogen-bond donors (Lipinski definition) is 1. The third-order valence-corrected chi connectivity index (χ3v) is 3.98. The second-order valence-electron chi connectivity index (χ2n) is 5.07. The quantitative estimate of drug-likeness (QED) is 0.765. The molecule has 0 spiro atoms. The Morgan fingerprint density at radius 1 is 1.21 bits per heavy atom. The molecule has 0 unspecified atom stereocenters. The van der Waals surface area contributed by atoms with Crippen molar-refractivity contribution in [1.29, 1.82) is 0 Å². The Labute approximate surface area is 142 Å². The van der Waals surface area contributed by atoms with Crippen LogP contribution in [-0.4, -0.2) is 14.7 Å². The summed E-state index contributed by atoms with van der Waals surface area (Å²) in [5.74, 6) is -0.0806. The normalized spacial score (nSPS) is 10.4. The first-order valence-corrected chi connectivity index (χ1v) is 7.92. The molecule has 0 aliphatic heterocycles. The molecule has 1 amide bonds. The molecule has 0 aliphatic rings. The van der Waals surface area contributed by atoms with E-state index in [0.29, 0.717) is 23.6 Å². The summed E-state index contributed by atoms with van der Waals surface area (Å²) in [5, 5.41) is 2.71. The monoisotopic (exact) mass is 343 g/mol. The molecular weight excluding hydrogens is 329 g/mol. The third-order valence-electron chi connectivity index (χ3n) is 3.32. The van der Waals surface area contributed by atoms with Crippen LogP contribution >= 0.6 is 11.7 Å². The Bertz CT molecular complexity index is 849. The lowest BCUT2D eigenvalue weighted by Gasteiger charge is -2.08. The van der Waals surface area contributed by atoms with Gasteiger partial charge in [-0.25, -0.2) is 4.39 Å². The van der Waals surface area contributed by atoms with Crippen LogP contribution in [0.1, 0.15) is 21.7 Å². The van der Waals surface area contributed by atoms with Crippen molar-refractivity contribution in [2.24, 2.45) is 0 Å². The van der Waals surface area contributed by atoms with Gasteiger partial charge in [0.05, 0.1) is 17.4 Å². The maximum absolute atomic E-state index is 12.9. The van der Waals surface area contributed by atoms with Gasteiger partial charge in [0.1, 0.15) is 23.9 Å². The molecule has 7 heteroatoms. The highest BCUT2D eigenvalue weighted by atomic mass is 32.1. The summed E-state index contributed by atoms with van der Waals surface area (Å²) in [7, 11) is 0. The molecule has 0 fully saturated rings. The van der Waals surface area contributed by atoms with Gasteiger partial charge < -0.3 is 10.1 Å². The Kier molecular flexibility index (Phi) is 4.81. The maximum atomic E-state index is 12.9. The summed E-state index contributed by atoms with van der Waals surface area (Å²) >= 11 is 1.14. The SMILES string of the molecule is Cc1nsnc1COc1cccc(C(=O)Nc2ccc(F)cc2)c1. The van der Waals surface area contributed by atoms with E-state index >= 15 is 0 Å². The predicted molar refractivity (Wildman–Crippen MR) is 89.8 cm³/mol. The lowest BCUT2D eigenvalue weighted by Crippen LogP contribution is -2.12. The van der Waals surface area contributed by atoms with E-state index in [4.69, 9.17) is 4.74 Å². The highest BCUT2D eigenvalue weighted by Gasteiger charge is 2.09. The number of benzene rings is 2. The van der Waals surface area contributed by atoms with Crippen molar-refractivity contribution in [2.45, 2.75) is 13.5 Å². The standard InChI is InChI=1S/C17H14FN3O2S/c1-11-16(21-24-20-11)10-23-15-4-2-3-12(9-15)17(22)19-14-7-5-13(18)6-8-14/h2-9H,10H2,1H3,(H,19,22). The number of aromatic nitrogens is 2. The topological polar surface area (TPSA) is 64.1 Å². The zero-order valence-corrected chi connectivity index (χ0v) is 13.6. The number of aryl methyl sites for hydroxylation is 1. The Hall–Kier alpha value is -2.80. The Balaban J connectivity index is 1.66. The van der Waals surface area contributed by atoms with E-state index < -0.39 is 0 Å². The average Bonchev–Trinajstić information content (AvgIpc) is 3.00. The van der Waals surface area contributed by atoms with Gasteiger partial charge in [-0.3, -0.25) is 4.79 Å². The van der Waals surface area contributed by atoms with Gasteiger partial charge in [-0.05, 0) is 49.4 Å². The molecule has 0 atom stereocenters. The number of amides is 1. The second-order valence-corrected chi connectivity index (χ2v) is 5.60. The number of hydrogen-bond acceptors (Lipinski definition) is 5. The van der Waals surface area contributed by atoms with Crippen LogP contribution in [0.5, 0.6) is 5.75 Å². The summed E-state index contributed by atoms with van der Waals surface area (Å²) in [6.07, 6.45) is 0. The summed E-state index contributed by atoms with van der Waals surface area (Å²) in [6, 6.07) is 12.4. The summed E-state index contributed by atoms with van der Waals surface area (Å²) in [5.41, 5.74) is 2.59. The zero-order chi connectivity index (χ0) is 16.9. The molecule has 0 saturated heterocycles. The molecule has 1 N–H and O–H groups in total. The van der Waals surface area contributed by atoms with Crippen LogP contribution in [0, 0.1) is 12.7 Å². The molecule has 0 radical (unpaired) electrons. The third kappa shape index (κ3) is 3.94.